The molecule has 1 aliphatic rings. The van der Waals surface area contributed by atoms with E-state index < -0.39 is 0 Å². The molecule has 24 heavy (non-hydrogen) atoms. The second kappa shape index (κ2) is 7.67. The third-order valence-corrected chi connectivity index (χ3v) is 3.78. The van der Waals surface area contributed by atoms with E-state index in [4.69, 9.17) is 0 Å². The normalized spacial score (nSPS) is 12.9. The van der Waals surface area contributed by atoms with Crippen LogP contribution in [0.1, 0.15) is 16.7 Å². The van der Waals surface area contributed by atoms with Gasteiger partial charge >= 0.3 is 29.6 Å². The monoisotopic (exact) mass is 327 g/mol. The Hall–Kier alpha value is -2.07. The summed E-state index contributed by atoms with van der Waals surface area (Å²) in [5.41, 5.74) is 4.48. The minimum Gasteiger partial charge on any atom is -0.508 e. The molecule has 0 aromatic heterocycles. The van der Waals surface area contributed by atoms with Crippen molar-refractivity contribution in [1.82, 2.24) is 0 Å². The number of aryl methyl sites for hydroxylation is 1. The molecule has 114 valence electrons. The summed E-state index contributed by atoms with van der Waals surface area (Å²) in [5.74, 6) is 0.402. The van der Waals surface area contributed by atoms with E-state index in [2.05, 4.69) is 0 Å². The first-order valence-electron chi connectivity index (χ1n) is 7.28. The van der Waals surface area contributed by atoms with Crippen molar-refractivity contribution >= 4 is 11.4 Å². The number of phenols is 2. The minimum atomic E-state index is -0.0410. The van der Waals surface area contributed by atoms with Crippen molar-refractivity contribution in [3.63, 3.8) is 0 Å². The summed E-state index contributed by atoms with van der Waals surface area (Å²) in [7, 11) is 0. The van der Waals surface area contributed by atoms with Gasteiger partial charge in [0.1, 0.15) is 11.5 Å². The molecule has 4 heteroatoms. The van der Waals surface area contributed by atoms with Gasteiger partial charge in [-0.15, -0.1) is 0 Å². The van der Waals surface area contributed by atoms with Gasteiger partial charge < -0.3 is 10.2 Å². The summed E-state index contributed by atoms with van der Waals surface area (Å²) in [4.78, 5) is 11.4. The maximum atomic E-state index is 11.4. The number of phenolic OH excluding ortho intramolecular Hbond substituents is 2. The number of hydrogen-bond donors (Lipinski definition) is 2. The van der Waals surface area contributed by atoms with Crippen molar-refractivity contribution in [3.05, 3.63) is 89.0 Å². The summed E-state index contributed by atoms with van der Waals surface area (Å²) in [6.07, 6.45) is 6.63. The average Bonchev–Trinajstić information content (AvgIpc) is 2.55. The number of hydrogen-bond acceptors (Lipinski definition) is 3. The number of allylic oxidation sites excluding steroid dienone is 5. The van der Waals surface area contributed by atoms with Gasteiger partial charge in [0.2, 0.25) is 0 Å². The molecule has 1 aliphatic carbocycles. The fourth-order valence-electron chi connectivity index (χ4n) is 2.56. The molecular weight excluding hydrogens is 311 g/mol. The Morgan fingerprint density at radius 1 is 0.833 bits per heavy atom. The van der Waals surface area contributed by atoms with E-state index >= 15 is 0 Å². The summed E-state index contributed by atoms with van der Waals surface area (Å²) < 4.78 is 0. The molecule has 2 N–H and O–H groups in total. The zero-order valence-corrected chi connectivity index (χ0v) is 15.7. The van der Waals surface area contributed by atoms with E-state index in [0.29, 0.717) is 0 Å². The Bertz CT molecular complexity index is 841. The van der Waals surface area contributed by atoms with Crippen LogP contribution in [0.2, 0.25) is 0 Å². The Balaban J connectivity index is 0.00000208. The first-order valence-corrected chi connectivity index (χ1v) is 7.28. The minimum absolute atomic E-state index is 0. The number of rotatable bonds is 2. The second-order valence-corrected chi connectivity index (χ2v) is 5.45. The number of ketones is 1. The van der Waals surface area contributed by atoms with Gasteiger partial charge in [0.15, 0.2) is 5.78 Å². The van der Waals surface area contributed by atoms with Crippen molar-refractivity contribution in [2.75, 3.05) is 0 Å². The maximum Gasteiger partial charge on any atom is 1.00 e. The van der Waals surface area contributed by atoms with Crippen LogP contribution in [0.3, 0.4) is 0 Å². The third-order valence-electron chi connectivity index (χ3n) is 3.78. The molecule has 0 saturated carbocycles. The van der Waals surface area contributed by atoms with E-state index in [1.807, 2.05) is 31.2 Å². The van der Waals surface area contributed by atoms with Crippen LogP contribution in [-0.2, 0) is 4.79 Å². The van der Waals surface area contributed by atoms with E-state index in [1.165, 1.54) is 12.2 Å². The van der Waals surface area contributed by atoms with Crippen LogP contribution in [-0.4, -0.2) is 16.0 Å². The van der Waals surface area contributed by atoms with Gasteiger partial charge in [0.25, 0.3) is 0 Å². The van der Waals surface area contributed by atoms with E-state index in [9.17, 15) is 15.0 Å². The summed E-state index contributed by atoms with van der Waals surface area (Å²) in [6.45, 7) is 1.84. The van der Waals surface area contributed by atoms with Gasteiger partial charge in [0, 0.05) is 0 Å². The summed E-state index contributed by atoms with van der Waals surface area (Å²) in [6, 6.07) is 12.3. The van der Waals surface area contributed by atoms with Crippen LogP contribution in [0.25, 0.3) is 5.57 Å². The molecule has 0 heterocycles. The Labute approximate surface area is 162 Å². The molecule has 2 aromatic carbocycles. The molecule has 0 radical (unpaired) electrons. The SMILES string of the molecule is Cc1cc(C(=C2C=CC(=O)C=C2)c2ccc(O)cc2)ccc1O.[Na+]. The van der Waals surface area contributed by atoms with Crippen molar-refractivity contribution in [3.8, 4) is 11.5 Å². The number of carbonyl (C=O) groups excluding carboxylic acids is 1. The van der Waals surface area contributed by atoms with E-state index in [1.54, 1.807) is 30.4 Å². The standard InChI is InChI=1S/C20H16O3.Na/c1-13-12-16(6-11-19(13)23)20(14-2-7-17(21)8-3-14)15-4-9-18(22)10-5-15;/h2-12,21,23H,1H3;/q;+1. The predicted molar refractivity (Wildman–Crippen MR) is 90.3 cm³/mol. The van der Waals surface area contributed by atoms with Crippen LogP contribution >= 0.6 is 0 Å². The van der Waals surface area contributed by atoms with Gasteiger partial charge in [-0.2, -0.15) is 0 Å². The molecule has 3 rings (SSSR count). The molecule has 0 saturated heterocycles. The second-order valence-electron chi connectivity index (χ2n) is 5.45. The molecule has 3 nitrogen and oxygen atoms in total. The molecular formula is C20H16NaO3+. The van der Waals surface area contributed by atoms with Crippen molar-refractivity contribution in [1.29, 1.82) is 0 Å². The van der Waals surface area contributed by atoms with E-state index in [-0.39, 0.29) is 46.8 Å². The summed E-state index contributed by atoms with van der Waals surface area (Å²) >= 11 is 0. The first kappa shape index (κ1) is 18.3. The maximum absolute atomic E-state index is 11.4. The zero-order chi connectivity index (χ0) is 16.4. The third kappa shape index (κ3) is 3.88. The van der Waals surface area contributed by atoms with Gasteiger partial charge in [-0.05, 0) is 71.2 Å². The van der Waals surface area contributed by atoms with Crippen molar-refractivity contribution < 1.29 is 44.6 Å². The van der Waals surface area contributed by atoms with Crippen LogP contribution in [0.15, 0.2) is 72.3 Å². The predicted octanol–water partition coefficient (Wildman–Crippen LogP) is 0.907. The van der Waals surface area contributed by atoms with E-state index in [0.717, 1.165) is 27.8 Å². The molecule has 0 unspecified atom stereocenters. The molecule has 0 fully saturated rings. The van der Waals surface area contributed by atoms with Crippen LogP contribution in [0, 0.1) is 6.92 Å². The average molecular weight is 327 g/mol. The Kier molecular flexibility index (Phi) is 5.84. The fourth-order valence-corrected chi connectivity index (χ4v) is 2.56. The van der Waals surface area contributed by atoms with Gasteiger partial charge in [-0.1, -0.05) is 30.4 Å². The van der Waals surface area contributed by atoms with Gasteiger partial charge in [0.05, 0.1) is 0 Å². The van der Waals surface area contributed by atoms with Gasteiger partial charge in [-0.3, -0.25) is 4.79 Å². The topological polar surface area (TPSA) is 57.5 Å². The van der Waals surface area contributed by atoms with Crippen LogP contribution < -0.4 is 29.6 Å². The first-order chi connectivity index (χ1) is 11.0. The molecule has 0 bridgehead atoms. The Morgan fingerprint density at radius 2 is 1.42 bits per heavy atom. The molecule has 0 amide bonds. The fraction of sp³-hybridized carbons (Fsp3) is 0.0500. The molecule has 0 spiro atoms. The Morgan fingerprint density at radius 3 is 2.00 bits per heavy atom. The van der Waals surface area contributed by atoms with Crippen LogP contribution in [0.5, 0.6) is 11.5 Å². The summed E-state index contributed by atoms with van der Waals surface area (Å²) in [5, 5.41) is 19.3. The molecule has 0 aliphatic heterocycles. The zero-order valence-electron chi connectivity index (χ0n) is 13.7. The van der Waals surface area contributed by atoms with Gasteiger partial charge in [-0.25, -0.2) is 0 Å². The number of benzene rings is 2. The largest absolute Gasteiger partial charge is 1.00 e. The number of carbonyl (C=O) groups is 1. The quantitative estimate of drug-likeness (QED) is 0.806. The van der Waals surface area contributed by atoms with Crippen molar-refractivity contribution in [2.24, 2.45) is 0 Å². The molecule has 2 aromatic rings. The number of aromatic hydroxyl groups is 2. The van der Waals surface area contributed by atoms with Crippen LogP contribution in [0.4, 0.5) is 0 Å². The molecule has 0 atom stereocenters. The smallest absolute Gasteiger partial charge is 0.508 e. The van der Waals surface area contributed by atoms with Crippen molar-refractivity contribution in [2.45, 2.75) is 6.92 Å².